The number of nitriles is 1. The van der Waals surface area contributed by atoms with Crippen molar-refractivity contribution in [1.29, 1.82) is 5.26 Å². The summed E-state index contributed by atoms with van der Waals surface area (Å²) in [5, 5.41) is 11.5. The number of nitrogens with one attached hydrogen (secondary N) is 1. The molecule has 0 aliphatic heterocycles. The van der Waals surface area contributed by atoms with Gasteiger partial charge in [-0.05, 0) is 25.0 Å². The van der Waals surface area contributed by atoms with Gasteiger partial charge >= 0.3 is 0 Å². The monoisotopic (exact) mass is 244 g/mol. The second kappa shape index (κ2) is 5.50. The van der Waals surface area contributed by atoms with Gasteiger partial charge in [0, 0.05) is 25.8 Å². The van der Waals surface area contributed by atoms with Crippen LogP contribution in [-0.4, -0.2) is 35.4 Å². The van der Waals surface area contributed by atoms with Crippen LogP contribution in [-0.2, 0) is 0 Å². The standard InChI is InChI=1S/C13H16N4O/c1-15-12-6-3-10(9-16-12)13(18)17(8-2-7-14)11-4-5-11/h3,6,9,11H,2,4-5,8H2,1H3,(H,15,16). The van der Waals surface area contributed by atoms with Gasteiger partial charge in [0.15, 0.2) is 0 Å². The number of amides is 1. The highest BCUT2D eigenvalue weighted by molar-refractivity contribution is 5.94. The van der Waals surface area contributed by atoms with Crippen molar-refractivity contribution in [2.45, 2.75) is 25.3 Å². The SMILES string of the molecule is CNc1ccc(C(=O)N(CCC#N)C2CC2)cn1. The fourth-order valence-corrected chi connectivity index (χ4v) is 1.84. The molecule has 0 aromatic carbocycles. The third kappa shape index (κ3) is 2.77. The molecule has 0 radical (unpaired) electrons. The second-order valence-electron chi connectivity index (χ2n) is 4.32. The van der Waals surface area contributed by atoms with E-state index in [1.807, 2.05) is 0 Å². The molecule has 0 atom stereocenters. The van der Waals surface area contributed by atoms with Crippen LogP contribution in [0, 0.1) is 11.3 Å². The van der Waals surface area contributed by atoms with E-state index in [2.05, 4.69) is 16.4 Å². The average molecular weight is 244 g/mol. The molecule has 0 spiro atoms. The van der Waals surface area contributed by atoms with Crippen LogP contribution in [0.3, 0.4) is 0 Å². The molecule has 94 valence electrons. The maximum atomic E-state index is 12.3. The summed E-state index contributed by atoms with van der Waals surface area (Å²) >= 11 is 0. The molecule has 1 fully saturated rings. The number of hydrogen-bond donors (Lipinski definition) is 1. The van der Waals surface area contributed by atoms with E-state index in [9.17, 15) is 4.79 Å². The molecule has 1 aliphatic rings. The van der Waals surface area contributed by atoms with Crippen molar-refractivity contribution in [3.63, 3.8) is 0 Å². The van der Waals surface area contributed by atoms with Crippen LogP contribution in [0.1, 0.15) is 29.6 Å². The van der Waals surface area contributed by atoms with Crippen LogP contribution in [0.25, 0.3) is 0 Å². The van der Waals surface area contributed by atoms with Crippen molar-refractivity contribution in [3.8, 4) is 6.07 Å². The first kappa shape index (κ1) is 12.4. The van der Waals surface area contributed by atoms with Gasteiger partial charge in [0.1, 0.15) is 5.82 Å². The molecule has 0 unspecified atom stereocenters. The van der Waals surface area contributed by atoms with Crippen LogP contribution < -0.4 is 5.32 Å². The molecule has 1 amide bonds. The van der Waals surface area contributed by atoms with E-state index >= 15 is 0 Å². The van der Waals surface area contributed by atoms with Gasteiger partial charge in [-0.3, -0.25) is 4.79 Å². The summed E-state index contributed by atoms with van der Waals surface area (Å²) in [4.78, 5) is 18.2. The van der Waals surface area contributed by atoms with Gasteiger partial charge in [0.2, 0.25) is 0 Å². The van der Waals surface area contributed by atoms with E-state index in [0.29, 0.717) is 24.6 Å². The van der Waals surface area contributed by atoms with Crippen molar-refractivity contribution in [2.75, 3.05) is 18.9 Å². The zero-order valence-electron chi connectivity index (χ0n) is 10.4. The minimum atomic E-state index is -0.0251. The van der Waals surface area contributed by atoms with Crippen molar-refractivity contribution >= 4 is 11.7 Å². The molecule has 0 bridgehead atoms. The van der Waals surface area contributed by atoms with Crippen molar-refractivity contribution in [1.82, 2.24) is 9.88 Å². The second-order valence-corrected chi connectivity index (χ2v) is 4.32. The van der Waals surface area contributed by atoms with Crippen molar-refractivity contribution in [2.24, 2.45) is 0 Å². The normalized spacial score (nSPS) is 13.8. The highest BCUT2D eigenvalue weighted by Crippen LogP contribution is 2.28. The van der Waals surface area contributed by atoms with Gasteiger partial charge in [-0.25, -0.2) is 4.98 Å². The molecule has 1 heterocycles. The highest BCUT2D eigenvalue weighted by atomic mass is 16.2. The fourth-order valence-electron chi connectivity index (χ4n) is 1.84. The summed E-state index contributed by atoms with van der Waals surface area (Å²) in [5.41, 5.74) is 0.582. The number of nitrogens with zero attached hydrogens (tertiary/aromatic N) is 3. The summed E-state index contributed by atoms with van der Waals surface area (Å²) in [7, 11) is 1.78. The molecule has 18 heavy (non-hydrogen) atoms. The molecule has 5 nitrogen and oxygen atoms in total. The number of pyridine rings is 1. The smallest absolute Gasteiger partial charge is 0.255 e. The maximum Gasteiger partial charge on any atom is 0.255 e. The summed E-state index contributed by atoms with van der Waals surface area (Å²) < 4.78 is 0. The number of carbonyl (C=O) groups excluding carboxylic acids is 1. The van der Waals surface area contributed by atoms with E-state index in [0.717, 1.165) is 18.7 Å². The number of hydrogen-bond acceptors (Lipinski definition) is 4. The fraction of sp³-hybridized carbons (Fsp3) is 0.462. The molecule has 1 aromatic rings. The van der Waals surface area contributed by atoms with Gasteiger partial charge < -0.3 is 10.2 Å². The molecular weight excluding hydrogens is 228 g/mol. The van der Waals surface area contributed by atoms with E-state index in [1.165, 1.54) is 0 Å². The largest absolute Gasteiger partial charge is 0.373 e. The Balaban J connectivity index is 2.09. The Morgan fingerprint density at radius 2 is 2.39 bits per heavy atom. The Kier molecular flexibility index (Phi) is 3.78. The zero-order chi connectivity index (χ0) is 13.0. The molecule has 1 aromatic heterocycles. The first-order chi connectivity index (χ1) is 8.76. The summed E-state index contributed by atoms with van der Waals surface area (Å²) in [6.45, 7) is 0.508. The first-order valence-corrected chi connectivity index (χ1v) is 6.08. The van der Waals surface area contributed by atoms with Crippen molar-refractivity contribution < 1.29 is 4.79 Å². The predicted molar refractivity (Wildman–Crippen MR) is 68.1 cm³/mol. The van der Waals surface area contributed by atoms with Gasteiger partial charge in [-0.15, -0.1) is 0 Å². The highest BCUT2D eigenvalue weighted by Gasteiger charge is 2.32. The topological polar surface area (TPSA) is 69.0 Å². The Labute approximate surface area is 106 Å². The van der Waals surface area contributed by atoms with Gasteiger partial charge in [-0.2, -0.15) is 5.26 Å². The summed E-state index contributed by atoms with van der Waals surface area (Å²) in [6, 6.07) is 5.95. The van der Waals surface area contributed by atoms with Crippen LogP contribution in [0.2, 0.25) is 0 Å². The molecule has 2 rings (SSSR count). The first-order valence-electron chi connectivity index (χ1n) is 6.08. The molecule has 1 aliphatic carbocycles. The summed E-state index contributed by atoms with van der Waals surface area (Å²) in [6.07, 6.45) is 4.04. The Bertz CT molecular complexity index is 459. The Morgan fingerprint density at radius 1 is 1.61 bits per heavy atom. The molecule has 0 saturated heterocycles. The number of rotatable bonds is 5. The van der Waals surface area contributed by atoms with E-state index in [-0.39, 0.29) is 5.91 Å². The lowest BCUT2D eigenvalue weighted by atomic mass is 10.2. The van der Waals surface area contributed by atoms with Crippen molar-refractivity contribution in [3.05, 3.63) is 23.9 Å². The minimum Gasteiger partial charge on any atom is -0.373 e. The van der Waals surface area contributed by atoms with Crippen LogP contribution in [0.5, 0.6) is 0 Å². The van der Waals surface area contributed by atoms with E-state index in [4.69, 9.17) is 5.26 Å². The molecule has 5 heteroatoms. The predicted octanol–water partition coefficient (Wildman–Crippen LogP) is 1.64. The van der Waals surface area contributed by atoms with E-state index < -0.39 is 0 Å². The molecule has 1 saturated carbocycles. The van der Waals surface area contributed by atoms with Gasteiger partial charge in [0.25, 0.3) is 5.91 Å². The Morgan fingerprint density at radius 3 is 2.89 bits per heavy atom. The Hall–Kier alpha value is -2.09. The maximum absolute atomic E-state index is 12.3. The number of carbonyl (C=O) groups is 1. The minimum absolute atomic E-state index is 0.0251. The van der Waals surface area contributed by atoms with E-state index in [1.54, 1.807) is 30.3 Å². The lowest BCUT2D eigenvalue weighted by molar-refractivity contribution is 0.0746. The lowest BCUT2D eigenvalue weighted by Crippen LogP contribution is -2.34. The van der Waals surface area contributed by atoms with Crippen LogP contribution in [0.15, 0.2) is 18.3 Å². The van der Waals surface area contributed by atoms with Crippen LogP contribution in [0.4, 0.5) is 5.82 Å². The third-order valence-electron chi connectivity index (χ3n) is 2.98. The van der Waals surface area contributed by atoms with Gasteiger partial charge in [0.05, 0.1) is 18.1 Å². The van der Waals surface area contributed by atoms with Crippen LogP contribution >= 0.6 is 0 Å². The third-order valence-corrected chi connectivity index (χ3v) is 2.98. The quantitative estimate of drug-likeness (QED) is 0.855. The summed E-state index contributed by atoms with van der Waals surface area (Å²) in [5.74, 6) is 0.712. The molecular formula is C13H16N4O. The zero-order valence-corrected chi connectivity index (χ0v) is 10.4. The number of aromatic nitrogens is 1. The lowest BCUT2D eigenvalue weighted by Gasteiger charge is -2.21. The average Bonchev–Trinajstić information content (AvgIpc) is 3.24. The molecule has 1 N–H and O–H groups in total. The number of anilines is 1. The van der Waals surface area contributed by atoms with Gasteiger partial charge in [-0.1, -0.05) is 0 Å².